The Balaban J connectivity index is 2.33. The van der Waals surface area contributed by atoms with Crippen LogP contribution < -0.4 is 5.32 Å². The molecule has 2 aromatic carbocycles. The molecule has 0 aliphatic heterocycles. The topological polar surface area (TPSA) is 144 Å². The van der Waals surface area contributed by atoms with Crippen molar-refractivity contribution in [3.05, 3.63) is 60.2 Å². The van der Waals surface area contributed by atoms with Crippen molar-refractivity contribution >= 4 is 25.0 Å². The van der Waals surface area contributed by atoms with Crippen LogP contribution in [0.4, 0.5) is 5.69 Å². The zero-order valence-corrected chi connectivity index (χ0v) is 15.8. The van der Waals surface area contributed by atoms with Gasteiger partial charge in [0.25, 0.3) is 0 Å². The Kier molecular flexibility index (Phi) is 7.20. The maximum atomic E-state index is 13.2. The minimum Gasteiger partial charge on any atom is -0.508 e. The van der Waals surface area contributed by atoms with Gasteiger partial charge in [0.2, 0.25) is 7.37 Å². The summed E-state index contributed by atoms with van der Waals surface area (Å²) in [5, 5.41) is 30.7. The molecule has 0 aliphatic rings. The van der Waals surface area contributed by atoms with Crippen molar-refractivity contribution in [2.24, 2.45) is 5.92 Å². The molecule has 0 aliphatic carbocycles. The number of hydrogen-bond acceptors (Lipinski definition) is 5. The van der Waals surface area contributed by atoms with Crippen LogP contribution in [0, 0.1) is 5.92 Å². The highest BCUT2D eigenvalue weighted by molar-refractivity contribution is 7.58. The summed E-state index contributed by atoms with van der Waals surface area (Å²) in [7, 11) is -4.14. The van der Waals surface area contributed by atoms with Crippen molar-refractivity contribution in [3.8, 4) is 5.75 Å². The fourth-order valence-electron chi connectivity index (χ4n) is 2.82. The van der Waals surface area contributed by atoms with Gasteiger partial charge in [-0.15, -0.1) is 0 Å². The Morgan fingerprint density at radius 3 is 2.29 bits per heavy atom. The van der Waals surface area contributed by atoms with E-state index in [4.69, 9.17) is 5.11 Å². The van der Waals surface area contributed by atoms with Gasteiger partial charge in [-0.1, -0.05) is 36.4 Å². The molecule has 2 rings (SSSR count). The van der Waals surface area contributed by atoms with Crippen LogP contribution in [0.2, 0.25) is 0 Å². The van der Waals surface area contributed by atoms with E-state index >= 15 is 0 Å². The molecule has 8 nitrogen and oxygen atoms in total. The Labute approximate surface area is 161 Å². The molecule has 0 heterocycles. The summed E-state index contributed by atoms with van der Waals surface area (Å²) in [5.74, 6) is -4.92. The molecule has 0 amide bonds. The first-order valence-electron chi connectivity index (χ1n) is 8.55. The molecule has 0 fully saturated rings. The molecule has 150 valence electrons. The number of carbonyl (C=O) groups is 2. The SMILES string of the molecule is O=C(O)CCC(CP(=O)(O)C(Nc1cccc(O)c1)c1ccccc1)C(=O)O. The molecule has 0 bridgehead atoms. The number of nitrogens with one attached hydrogen (secondary N) is 1. The van der Waals surface area contributed by atoms with Crippen LogP contribution in [0.25, 0.3) is 0 Å². The average Bonchev–Trinajstić information content (AvgIpc) is 2.63. The van der Waals surface area contributed by atoms with Gasteiger partial charge in [-0.2, -0.15) is 0 Å². The molecule has 0 saturated heterocycles. The Bertz CT molecular complexity index is 872. The maximum absolute atomic E-state index is 13.2. The predicted molar refractivity (Wildman–Crippen MR) is 104 cm³/mol. The van der Waals surface area contributed by atoms with Gasteiger partial charge < -0.3 is 25.5 Å². The van der Waals surface area contributed by atoms with Crippen molar-refractivity contribution in [3.63, 3.8) is 0 Å². The molecule has 0 aromatic heterocycles. The Hall–Kier alpha value is -2.83. The van der Waals surface area contributed by atoms with Crippen molar-refractivity contribution in [2.45, 2.75) is 18.6 Å². The van der Waals surface area contributed by atoms with E-state index in [-0.39, 0.29) is 12.2 Å². The molecule has 3 atom stereocenters. The van der Waals surface area contributed by atoms with E-state index < -0.39 is 43.6 Å². The number of phenols is 1. The summed E-state index contributed by atoms with van der Waals surface area (Å²) in [6.45, 7) is 0. The van der Waals surface area contributed by atoms with Gasteiger partial charge in [-0.3, -0.25) is 14.2 Å². The Morgan fingerprint density at radius 2 is 1.71 bits per heavy atom. The number of aromatic hydroxyl groups is 1. The number of rotatable bonds is 10. The molecule has 9 heteroatoms. The zero-order valence-electron chi connectivity index (χ0n) is 14.9. The van der Waals surface area contributed by atoms with Crippen molar-refractivity contribution < 1.29 is 34.4 Å². The number of carboxylic acids is 2. The van der Waals surface area contributed by atoms with E-state index in [2.05, 4.69) is 5.32 Å². The second kappa shape index (κ2) is 9.39. The second-order valence-electron chi connectivity index (χ2n) is 6.41. The van der Waals surface area contributed by atoms with Crippen LogP contribution >= 0.6 is 7.37 Å². The lowest BCUT2D eigenvalue weighted by Crippen LogP contribution is -2.23. The first-order valence-corrected chi connectivity index (χ1v) is 10.5. The summed E-state index contributed by atoms with van der Waals surface area (Å²) in [6, 6.07) is 14.4. The molecule has 3 unspecified atom stereocenters. The summed E-state index contributed by atoms with van der Waals surface area (Å²) in [5.41, 5.74) is 0.861. The van der Waals surface area contributed by atoms with E-state index in [0.717, 1.165) is 0 Å². The quantitative estimate of drug-likeness (QED) is 0.377. The summed E-state index contributed by atoms with van der Waals surface area (Å²) >= 11 is 0. The fourth-order valence-corrected chi connectivity index (χ4v) is 4.99. The number of carboxylic acid groups (broad SMARTS) is 2. The van der Waals surface area contributed by atoms with Gasteiger partial charge >= 0.3 is 11.9 Å². The summed E-state index contributed by atoms with van der Waals surface area (Å²) in [4.78, 5) is 33.0. The third kappa shape index (κ3) is 6.11. The highest BCUT2D eigenvalue weighted by Gasteiger charge is 2.37. The summed E-state index contributed by atoms with van der Waals surface area (Å²) < 4.78 is 13.2. The molecular weight excluding hydrogens is 385 g/mol. The highest BCUT2D eigenvalue weighted by atomic mass is 31.2. The minimum atomic E-state index is -4.14. The maximum Gasteiger partial charge on any atom is 0.307 e. The normalized spacial score (nSPS) is 15.2. The number of aliphatic carboxylic acids is 2. The molecule has 2 aromatic rings. The predicted octanol–water partition coefficient (Wildman–Crippen LogP) is 3.34. The van der Waals surface area contributed by atoms with Gasteiger partial charge in [-0.05, 0) is 24.1 Å². The second-order valence-corrected chi connectivity index (χ2v) is 8.81. The molecule has 5 N–H and O–H groups in total. The first kappa shape index (κ1) is 21.5. The van der Waals surface area contributed by atoms with E-state index in [1.807, 2.05) is 0 Å². The van der Waals surface area contributed by atoms with Gasteiger partial charge in [0.05, 0.1) is 5.92 Å². The highest BCUT2D eigenvalue weighted by Crippen LogP contribution is 2.57. The average molecular weight is 407 g/mol. The van der Waals surface area contributed by atoms with Crippen LogP contribution in [0.3, 0.4) is 0 Å². The van der Waals surface area contributed by atoms with Crippen molar-refractivity contribution in [2.75, 3.05) is 11.5 Å². The lowest BCUT2D eigenvalue weighted by molar-refractivity contribution is -0.142. The van der Waals surface area contributed by atoms with Crippen LogP contribution in [0.15, 0.2) is 54.6 Å². The zero-order chi connectivity index (χ0) is 20.7. The van der Waals surface area contributed by atoms with Crippen LogP contribution in [-0.2, 0) is 14.2 Å². The number of anilines is 1. The fraction of sp³-hybridized carbons (Fsp3) is 0.263. The van der Waals surface area contributed by atoms with Crippen molar-refractivity contribution in [1.29, 1.82) is 0 Å². The number of benzene rings is 2. The molecule has 0 spiro atoms. The third-order valence-corrected chi connectivity index (χ3v) is 6.40. The molecule has 0 radical (unpaired) electrons. The summed E-state index contributed by atoms with van der Waals surface area (Å²) in [6.07, 6.45) is -1.24. The van der Waals surface area contributed by atoms with E-state index in [9.17, 15) is 29.3 Å². The third-order valence-electron chi connectivity index (χ3n) is 4.21. The van der Waals surface area contributed by atoms with Crippen molar-refractivity contribution in [1.82, 2.24) is 0 Å². The lowest BCUT2D eigenvalue weighted by Gasteiger charge is -2.27. The molecular formula is C19H22NO7P. The first-order chi connectivity index (χ1) is 13.2. The smallest absolute Gasteiger partial charge is 0.307 e. The van der Waals surface area contributed by atoms with E-state index in [1.54, 1.807) is 42.5 Å². The van der Waals surface area contributed by atoms with Crippen LogP contribution in [-0.4, -0.2) is 38.3 Å². The van der Waals surface area contributed by atoms with Gasteiger partial charge in [0.15, 0.2) is 0 Å². The van der Waals surface area contributed by atoms with Gasteiger partial charge in [0.1, 0.15) is 11.5 Å². The minimum absolute atomic E-state index is 0.0329. The molecule has 0 saturated carbocycles. The van der Waals surface area contributed by atoms with Gasteiger partial charge in [-0.25, -0.2) is 0 Å². The number of phenolic OH excluding ortho intramolecular Hbond substituents is 1. The molecule has 28 heavy (non-hydrogen) atoms. The monoisotopic (exact) mass is 407 g/mol. The van der Waals surface area contributed by atoms with Crippen LogP contribution in [0.1, 0.15) is 24.2 Å². The van der Waals surface area contributed by atoms with E-state index in [1.165, 1.54) is 12.1 Å². The number of hydrogen-bond donors (Lipinski definition) is 5. The standard InChI is InChI=1S/C19H22NO7P/c21-16-8-4-7-15(11-16)20-18(13-5-2-1-3-6-13)28(26,27)12-14(19(24)25)9-10-17(22)23/h1-8,11,14,18,20-21H,9-10,12H2,(H,22,23)(H,24,25)(H,26,27). The van der Waals surface area contributed by atoms with Gasteiger partial charge in [0, 0.05) is 24.3 Å². The van der Waals surface area contributed by atoms with Crippen LogP contribution in [0.5, 0.6) is 5.75 Å². The largest absolute Gasteiger partial charge is 0.508 e. The van der Waals surface area contributed by atoms with E-state index in [0.29, 0.717) is 11.3 Å². The Morgan fingerprint density at radius 1 is 1.04 bits per heavy atom. The lowest BCUT2D eigenvalue weighted by atomic mass is 10.1.